The summed E-state index contributed by atoms with van der Waals surface area (Å²) >= 11 is 0. The standard InChI is InChI=1S/C22H28N4O5/c1-3-15(4-2)24-21(28)19-13-26(17-9-5-6-10-18(17)31-19)14-20(27)25-22(29)23-12-16-8-7-11-30-16/h5-11,15,19H,3-4,12-14H2,1-2H3,(H,24,28)(H2,23,25,27,29). The van der Waals surface area contributed by atoms with E-state index in [4.69, 9.17) is 9.15 Å². The van der Waals surface area contributed by atoms with Crippen LogP contribution in [-0.2, 0) is 16.1 Å². The quantitative estimate of drug-likeness (QED) is 0.594. The van der Waals surface area contributed by atoms with Crippen molar-refractivity contribution in [2.45, 2.75) is 45.4 Å². The van der Waals surface area contributed by atoms with Crippen molar-refractivity contribution in [3.05, 3.63) is 48.4 Å². The maximum atomic E-state index is 12.7. The highest BCUT2D eigenvalue weighted by atomic mass is 16.5. The van der Waals surface area contributed by atoms with Crippen LogP contribution in [0, 0.1) is 0 Å². The molecule has 1 atom stereocenters. The van der Waals surface area contributed by atoms with Gasteiger partial charge in [-0.15, -0.1) is 0 Å². The number of ether oxygens (including phenoxy) is 1. The third-order valence-electron chi connectivity index (χ3n) is 5.08. The van der Waals surface area contributed by atoms with Gasteiger partial charge in [-0.05, 0) is 37.1 Å². The zero-order valence-corrected chi connectivity index (χ0v) is 17.7. The second kappa shape index (κ2) is 10.5. The zero-order chi connectivity index (χ0) is 22.2. The van der Waals surface area contributed by atoms with Crippen molar-refractivity contribution in [3.8, 4) is 5.75 Å². The Balaban J connectivity index is 1.61. The van der Waals surface area contributed by atoms with Crippen LogP contribution in [0.4, 0.5) is 10.5 Å². The average molecular weight is 428 g/mol. The highest BCUT2D eigenvalue weighted by molar-refractivity contribution is 5.97. The van der Waals surface area contributed by atoms with E-state index in [1.54, 1.807) is 29.2 Å². The first kappa shape index (κ1) is 22.2. The van der Waals surface area contributed by atoms with Gasteiger partial charge in [-0.25, -0.2) is 4.79 Å². The fourth-order valence-corrected chi connectivity index (χ4v) is 3.34. The van der Waals surface area contributed by atoms with E-state index in [0.29, 0.717) is 17.2 Å². The van der Waals surface area contributed by atoms with Crippen molar-refractivity contribution >= 4 is 23.5 Å². The number of carbonyl (C=O) groups is 3. The fourth-order valence-electron chi connectivity index (χ4n) is 3.34. The first-order valence-electron chi connectivity index (χ1n) is 10.4. The summed E-state index contributed by atoms with van der Waals surface area (Å²) in [5.41, 5.74) is 0.695. The second-order valence-electron chi connectivity index (χ2n) is 7.29. The third kappa shape index (κ3) is 6.00. The summed E-state index contributed by atoms with van der Waals surface area (Å²) in [6.07, 6.45) is 2.40. The smallest absolute Gasteiger partial charge is 0.321 e. The summed E-state index contributed by atoms with van der Waals surface area (Å²) in [5.74, 6) is 0.391. The van der Waals surface area contributed by atoms with E-state index in [1.807, 2.05) is 26.0 Å². The van der Waals surface area contributed by atoms with Crippen LogP contribution in [0.5, 0.6) is 5.75 Å². The third-order valence-corrected chi connectivity index (χ3v) is 5.08. The van der Waals surface area contributed by atoms with Gasteiger partial charge in [-0.3, -0.25) is 14.9 Å². The van der Waals surface area contributed by atoms with Crippen LogP contribution >= 0.6 is 0 Å². The lowest BCUT2D eigenvalue weighted by molar-refractivity contribution is -0.129. The first-order chi connectivity index (χ1) is 15.0. The molecule has 31 heavy (non-hydrogen) atoms. The van der Waals surface area contributed by atoms with Gasteiger partial charge in [0.1, 0.15) is 11.5 Å². The zero-order valence-electron chi connectivity index (χ0n) is 17.7. The molecular formula is C22H28N4O5. The van der Waals surface area contributed by atoms with Gasteiger partial charge >= 0.3 is 6.03 Å². The second-order valence-corrected chi connectivity index (χ2v) is 7.29. The summed E-state index contributed by atoms with van der Waals surface area (Å²) in [4.78, 5) is 38.9. The number of rotatable bonds is 8. The number of anilines is 1. The monoisotopic (exact) mass is 428 g/mol. The van der Waals surface area contributed by atoms with Crippen LogP contribution in [0.25, 0.3) is 0 Å². The number of hydrogen-bond donors (Lipinski definition) is 3. The summed E-state index contributed by atoms with van der Waals surface area (Å²) in [7, 11) is 0. The number of para-hydroxylation sites is 2. The summed E-state index contributed by atoms with van der Waals surface area (Å²) in [5, 5.41) is 7.85. The van der Waals surface area contributed by atoms with Gasteiger partial charge in [-0.1, -0.05) is 26.0 Å². The van der Waals surface area contributed by atoms with Gasteiger partial charge in [0.25, 0.3) is 5.91 Å². The highest BCUT2D eigenvalue weighted by Crippen LogP contribution is 2.32. The summed E-state index contributed by atoms with van der Waals surface area (Å²) < 4.78 is 11.0. The number of nitrogens with one attached hydrogen (secondary N) is 3. The maximum absolute atomic E-state index is 12.7. The Labute approximate surface area is 181 Å². The van der Waals surface area contributed by atoms with Crippen LogP contribution in [0.15, 0.2) is 47.1 Å². The number of carbonyl (C=O) groups excluding carboxylic acids is 3. The minimum absolute atomic E-state index is 0.0721. The Morgan fingerprint density at radius 2 is 1.90 bits per heavy atom. The van der Waals surface area contributed by atoms with Gasteiger partial charge in [0.2, 0.25) is 5.91 Å². The number of urea groups is 1. The molecule has 0 radical (unpaired) electrons. The van der Waals surface area contributed by atoms with Crippen LogP contribution in [0.3, 0.4) is 0 Å². The molecule has 0 fully saturated rings. The largest absolute Gasteiger partial charge is 0.477 e. The molecule has 1 unspecified atom stereocenters. The first-order valence-corrected chi connectivity index (χ1v) is 10.4. The lowest BCUT2D eigenvalue weighted by Crippen LogP contribution is -2.53. The van der Waals surface area contributed by atoms with Gasteiger partial charge < -0.3 is 24.7 Å². The van der Waals surface area contributed by atoms with Gasteiger partial charge in [0.15, 0.2) is 6.10 Å². The number of imide groups is 1. The van der Waals surface area contributed by atoms with Crippen molar-refractivity contribution in [2.24, 2.45) is 0 Å². The topological polar surface area (TPSA) is 113 Å². The fraction of sp³-hybridized carbons (Fsp3) is 0.409. The molecule has 3 N–H and O–H groups in total. The molecule has 2 aromatic rings. The molecule has 1 aliphatic rings. The minimum Gasteiger partial charge on any atom is -0.477 e. The molecule has 0 saturated heterocycles. The molecule has 2 heterocycles. The lowest BCUT2D eigenvalue weighted by atomic mass is 10.1. The SMILES string of the molecule is CCC(CC)NC(=O)C1CN(CC(=O)NC(=O)NCc2ccco2)c2ccccc2O1. The minimum atomic E-state index is -0.754. The molecule has 0 aliphatic carbocycles. The molecule has 1 aromatic heterocycles. The van der Waals surface area contributed by atoms with Crippen molar-refractivity contribution in [3.63, 3.8) is 0 Å². The predicted molar refractivity (Wildman–Crippen MR) is 115 cm³/mol. The van der Waals surface area contributed by atoms with Crippen LogP contribution in [0.2, 0.25) is 0 Å². The summed E-state index contributed by atoms with van der Waals surface area (Å²) in [6.45, 7) is 4.30. The van der Waals surface area contributed by atoms with Gasteiger partial charge in [0.05, 0.1) is 31.6 Å². The number of hydrogen-bond acceptors (Lipinski definition) is 6. The van der Waals surface area contributed by atoms with Crippen LogP contribution in [-0.4, -0.2) is 43.1 Å². The number of furan rings is 1. The molecule has 0 saturated carbocycles. The molecule has 0 spiro atoms. The molecule has 9 nitrogen and oxygen atoms in total. The highest BCUT2D eigenvalue weighted by Gasteiger charge is 2.32. The molecule has 1 aliphatic heterocycles. The van der Waals surface area contributed by atoms with Crippen molar-refractivity contribution in [1.29, 1.82) is 0 Å². The number of fused-ring (bicyclic) bond motifs is 1. The van der Waals surface area contributed by atoms with Crippen molar-refractivity contribution < 1.29 is 23.5 Å². The lowest BCUT2D eigenvalue weighted by Gasteiger charge is -2.35. The van der Waals surface area contributed by atoms with Crippen LogP contribution < -0.4 is 25.6 Å². The number of amides is 4. The maximum Gasteiger partial charge on any atom is 0.321 e. The van der Waals surface area contributed by atoms with Crippen LogP contribution in [0.1, 0.15) is 32.4 Å². The molecule has 166 valence electrons. The number of nitrogens with zero attached hydrogens (tertiary/aromatic N) is 1. The predicted octanol–water partition coefficient (Wildman–Crippen LogP) is 2.18. The van der Waals surface area contributed by atoms with Gasteiger partial charge in [-0.2, -0.15) is 0 Å². The molecular weight excluding hydrogens is 400 g/mol. The van der Waals surface area contributed by atoms with Crippen molar-refractivity contribution in [1.82, 2.24) is 16.0 Å². The normalized spacial score (nSPS) is 15.1. The Kier molecular flexibility index (Phi) is 7.53. The average Bonchev–Trinajstić information content (AvgIpc) is 3.29. The van der Waals surface area contributed by atoms with E-state index < -0.39 is 18.0 Å². The van der Waals surface area contributed by atoms with E-state index >= 15 is 0 Å². The Morgan fingerprint density at radius 1 is 1.13 bits per heavy atom. The van der Waals surface area contributed by atoms with E-state index in [9.17, 15) is 14.4 Å². The number of benzene rings is 1. The molecule has 4 amide bonds. The Bertz CT molecular complexity index is 895. The Hall–Kier alpha value is -3.49. The van der Waals surface area contributed by atoms with E-state index in [-0.39, 0.29) is 31.6 Å². The van der Waals surface area contributed by atoms with E-state index in [1.165, 1.54) is 6.26 Å². The van der Waals surface area contributed by atoms with E-state index in [2.05, 4.69) is 16.0 Å². The molecule has 3 rings (SSSR count). The Morgan fingerprint density at radius 3 is 2.61 bits per heavy atom. The molecule has 0 bridgehead atoms. The molecule has 9 heteroatoms. The summed E-state index contributed by atoms with van der Waals surface area (Å²) in [6, 6.07) is 10.1. The van der Waals surface area contributed by atoms with Gasteiger partial charge in [0, 0.05) is 6.04 Å². The molecule has 1 aromatic carbocycles. The van der Waals surface area contributed by atoms with E-state index in [0.717, 1.165) is 12.8 Å². The van der Waals surface area contributed by atoms with Crippen molar-refractivity contribution in [2.75, 3.05) is 18.0 Å².